The number of nitrogens with one attached hydrogen (secondary N) is 1. The van der Waals surface area contributed by atoms with Crippen LogP contribution in [0.2, 0.25) is 0 Å². The minimum Gasteiger partial charge on any atom is -0.309 e. The highest BCUT2D eigenvalue weighted by atomic mass is 16.2. The van der Waals surface area contributed by atoms with Crippen LogP contribution in [0, 0.1) is 18.3 Å². The van der Waals surface area contributed by atoms with Crippen LogP contribution in [-0.2, 0) is 4.79 Å². The number of anilines is 1. The molecular formula is C13H11N3O. The number of nitrogens with zero attached hydrogens (tertiary/aromatic N) is 2. The lowest BCUT2D eigenvalue weighted by Crippen LogP contribution is -2.24. The Morgan fingerprint density at radius 2 is 2.41 bits per heavy atom. The number of fused-ring (bicyclic) bond motifs is 1. The van der Waals surface area contributed by atoms with E-state index in [1.54, 1.807) is 11.1 Å². The van der Waals surface area contributed by atoms with Crippen molar-refractivity contribution in [2.75, 3.05) is 11.4 Å². The van der Waals surface area contributed by atoms with Crippen molar-refractivity contribution in [1.29, 1.82) is 0 Å². The van der Waals surface area contributed by atoms with Crippen molar-refractivity contribution in [3.05, 3.63) is 24.4 Å². The summed E-state index contributed by atoms with van der Waals surface area (Å²) < 4.78 is 0. The molecule has 1 saturated heterocycles. The molecule has 1 aromatic carbocycles. The van der Waals surface area contributed by atoms with E-state index >= 15 is 0 Å². The molecule has 1 fully saturated rings. The van der Waals surface area contributed by atoms with Gasteiger partial charge in [-0.15, -0.1) is 12.3 Å². The molecule has 4 nitrogen and oxygen atoms in total. The van der Waals surface area contributed by atoms with Crippen LogP contribution in [0.1, 0.15) is 6.42 Å². The first kappa shape index (κ1) is 9.91. The van der Waals surface area contributed by atoms with Gasteiger partial charge in [0.1, 0.15) is 0 Å². The van der Waals surface area contributed by atoms with Gasteiger partial charge in [0.15, 0.2) is 0 Å². The molecule has 4 heteroatoms. The Balaban J connectivity index is 2.08. The third-order valence-electron chi connectivity index (χ3n) is 3.11. The Morgan fingerprint density at radius 1 is 1.53 bits per heavy atom. The summed E-state index contributed by atoms with van der Waals surface area (Å²) in [5.74, 6) is 2.74. The third-order valence-corrected chi connectivity index (χ3v) is 3.11. The van der Waals surface area contributed by atoms with Gasteiger partial charge in [0.25, 0.3) is 0 Å². The van der Waals surface area contributed by atoms with E-state index in [0.717, 1.165) is 16.6 Å². The first-order valence-corrected chi connectivity index (χ1v) is 5.48. The Bertz CT molecular complexity index is 623. The van der Waals surface area contributed by atoms with Crippen molar-refractivity contribution in [1.82, 2.24) is 10.2 Å². The first-order valence-electron chi connectivity index (χ1n) is 5.48. The zero-order valence-electron chi connectivity index (χ0n) is 9.18. The van der Waals surface area contributed by atoms with E-state index in [4.69, 9.17) is 6.42 Å². The number of hydrogen-bond donors (Lipinski definition) is 1. The first-order chi connectivity index (χ1) is 8.29. The molecule has 0 radical (unpaired) electrons. The van der Waals surface area contributed by atoms with Crippen LogP contribution < -0.4 is 4.90 Å². The Morgan fingerprint density at radius 3 is 3.18 bits per heavy atom. The minimum absolute atomic E-state index is 0.0145. The quantitative estimate of drug-likeness (QED) is 0.748. The lowest BCUT2D eigenvalue weighted by molar-refractivity contribution is -0.117. The molecule has 1 aliphatic heterocycles. The summed E-state index contributed by atoms with van der Waals surface area (Å²) in [7, 11) is 0. The van der Waals surface area contributed by atoms with Gasteiger partial charge in [0.2, 0.25) is 5.91 Å². The van der Waals surface area contributed by atoms with Crippen molar-refractivity contribution >= 4 is 22.5 Å². The summed E-state index contributed by atoms with van der Waals surface area (Å²) in [6.07, 6.45) is 7.56. The van der Waals surface area contributed by atoms with Crippen molar-refractivity contribution in [2.24, 2.45) is 5.92 Å². The number of amides is 1. The normalized spacial score (nSPS) is 19.8. The number of terminal acetylenes is 1. The second kappa shape index (κ2) is 3.63. The fraction of sp³-hybridized carbons (Fsp3) is 0.231. The van der Waals surface area contributed by atoms with Crippen molar-refractivity contribution in [3.63, 3.8) is 0 Å². The van der Waals surface area contributed by atoms with Gasteiger partial charge in [-0.2, -0.15) is 5.10 Å². The van der Waals surface area contributed by atoms with Crippen LogP contribution in [0.5, 0.6) is 0 Å². The summed E-state index contributed by atoms with van der Waals surface area (Å²) in [5.41, 5.74) is 1.75. The molecule has 1 amide bonds. The third kappa shape index (κ3) is 1.48. The maximum atomic E-state index is 11.9. The van der Waals surface area contributed by atoms with Crippen LogP contribution in [0.15, 0.2) is 24.4 Å². The molecule has 3 rings (SSSR count). The van der Waals surface area contributed by atoms with E-state index in [1.807, 2.05) is 18.2 Å². The summed E-state index contributed by atoms with van der Waals surface area (Å²) in [6, 6.07) is 5.79. The zero-order valence-corrected chi connectivity index (χ0v) is 9.18. The fourth-order valence-corrected chi connectivity index (χ4v) is 2.23. The number of rotatable bonds is 1. The highest BCUT2D eigenvalue weighted by Crippen LogP contribution is 2.29. The summed E-state index contributed by atoms with van der Waals surface area (Å²) in [5, 5.41) is 7.92. The van der Waals surface area contributed by atoms with Gasteiger partial charge >= 0.3 is 0 Å². The predicted molar refractivity (Wildman–Crippen MR) is 65.4 cm³/mol. The monoisotopic (exact) mass is 225 g/mol. The topological polar surface area (TPSA) is 49.0 Å². The lowest BCUT2D eigenvalue weighted by atomic mass is 10.1. The van der Waals surface area contributed by atoms with Crippen molar-refractivity contribution < 1.29 is 4.79 Å². The predicted octanol–water partition coefficient (Wildman–Crippen LogP) is 1.55. The summed E-state index contributed by atoms with van der Waals surface area (Å²) in [4.78, 5) is 13.6. The largest absolute Gasteiger partial charge is 0.309 e. The van der Waals surface area contributed by atoms with Crippen LogP contribution in [0.3, 0.4) is 0 Å². The Labute approximate surface area is 98.6 Å². The molecule has 0 saturated carbocycles. The standard InChI is InChI=1S/C13H11N3O/c1-2-9-6-12(17)16(8-9)11-5-3-4-10-7-14-15-13(10)11/h1,3-5,7,9H,6,8H2,(H,14,15). The molecule has 2 heterocycles. The van der Waals surface area contributed by atoms with Crippen LogP contribution in [0.4, 0.5) is 5.69 Å². The number of hydrogen-bond acceptors (Lipinski definition) is 2. The van der Waals surface area contributed by atoms with Gasteiger partial charge in [0, 0.05) is 24.3 Å². The van der Waals surface area contributed by atoms with E-state index in [0.29, 0.717) is 13.0 Å². The minimum atomic E-state index is 0.0145. The number of aromatic nitrogens is 2. The number of H-pyrrole nitrogens is 1. The van der Waals surface area contributed by atoms with Crippen LogP contribution in [-0.4, -0.2) is 22.6 Å². The average Bonchev–Trinajstić information content (AvgIpc) is 2.94. The van der Waals surface area contributed by atoms with Gasteiger partial charge < -0.3 is 4.90 Å². The molecule has 17 heavy (non-hydrogen) atoms. The fourth-order valence-electron chi connectivity index (χ4n) is 2.23. The maximum Gasteiger partial charge on any atom is 0.228 e. The van der Waals surface area contributed by atoms with E-state index in [-0.39, 0.29) is 11.8 Å². The molecule has 0 aliphatic carbocycles. The smallest absolute Gasteiger partial charge is 0.228 e. The van der Waals surface area contributed by atoms with Gasteiger partial charge in [-0.3, -0.25) is 9.89 Å². The van der Waals surface area contributed by atoms with Crippen LogP contribution >= 0.6 is 0 Å². The van der Waals surface area contributed by atoms with E-state index in [1.165, 1.54) is 0 Å². The van der Waals surface area contributed by atoms with Crippen molar-refractivity contribution in [3.8, 4) is 12.3 Å². The van der Waals surface area contributed by atoms with E-state index in [2.05, 4.69) is 16.1 Å². The second-order valence-electron chi connectivity index (χ2n) is 4.18. The van der Waals surface area contributed by atoms with Crippen molar-refractivity contribution in [2.45, 2.75) is 6.42 Å². The molecule has 1 atom stereocenters. The second-order valence-corrected chi connectivity index (χ2v) is 4.18. The Hall–Kier alpha value is -2.28. The molecule has 2 aromatic rings. The number of carbonyl (C=O) groups is 1. The maximum absolute atomic E-state index is 11.9. The van der Waals surface area contributed by atoms with Gasteiger partial charge in [-0.05, 0) is 6.07 Å². The zero-order chi connectivity index (χ0) is 11.8. The Kier molecular flexibility index (Phi) is 2.12. The molecule has 1 unspecified atom stereocenters. The highest BCUT2D eigenvalue weighted by Gasteiger charge is 2.30. The molecule has 1 aliphatic rings. The number of para-hydroxylation sites is 1. The summed E-state index contributed by atoms with van der Waals surface area (Å²) >= 11 is 0. The molecule has 1 aromatic heterocycles. The number of benzene rings is 1. The number of aromatic amines is 1. The van der Waals surface area contributed by atoms with Gasteiger partial charge in [-0.1, -0.05) is 12.1 Å². The van der Waals surface area contributed by atoms with Gasteiger partial charge in [-0.25, -0.2) is 0 Å². The van der Waals surface area contributed by atoms with E-state index < -0.39 is 0 Å². The van der Waals surface area contributed by atoms with Crippen LogP contribution in [0.25, 0.3) is 10.9 Å². The molecule has 1 N–H and O–H groups in total. The highest BCUT2D eigenvalue weighted by molar-refractivity contribution is 6.03. The molecular weight excluding hydrogens is 214 g/mol. The van der Waals surface area contributed by atoms with Gasteiger partial charge in [0.05, 0.1) is 17.4 Å². The van der Waals surface area contributed by atoms with E-state index in [9.17, 15) is 4.79 Å². The lowest BCUT2D eigenvalue weighted by Gasteiger charge is -2.16. The summed E-state index contributed by atoms with van der Waals surface area (Å²) in [6.45, 7) is 0.591. The average molecular weight is 225 g/mol. The molecule has 84 valence electrons. The molecule has 0 spiro atoms. The SMILES string of the molecule is C#CC1CC(=O)N(c2cccc3cn[nH]c23)C1. The number of carbonyl (C=O) groups excluding carboxylic acids is 1. The molecule has 0 bridgehead atoms.